The number of piperidine rings is 1. The zero-order valence-electron chi connectivity index (χ0n) is 17.0. The van der Waals surface area contributed by atoms with Crippen LogP contribution in [0.3, 0.4) is 0 Å². The first kappa shape index (κ1) is 19.4. The number of likely N-dealkylation sites (tertiary alicyclic amines) is 1. The maximum absolute atomic E-state index is 14.5. The number of halogens is 1. The maximum atomic E-state index is 14.5. The Morgan fingerprint density at radius 1 is 0.964 bits per heavy atom. The van der Waals surface area contributed by atoms with Crippen LogP contribution in [-0.4, -0.2) is 37.1 Å². The molecule has 0 bridgehead atoms. The first-order valence-corrected chi connectivity index (χ1v) is 10.7. The van der Waals surface area contributed by atoms with Crippen LogP contribution in [0.1, 0.15) is 42.4 Å². The first-order valence-electron chi connectivity index (χ1n) is 10.7. The summed E-state index contributed by atoms with van der Waals surface area (Å²) in [6.45, 7) is 8.15. The van der Waals surface area contributed by atoms with Crippen molar-refractivity contribution in [3.63, 3.8) is 0 Å². The molecule has 2 aromatic carbocycles. The predicted molar refractivity (Wildman–Crippen MR) is 114 cm³/mol. The SMILES string of the molecule is Cc1ccccc1CN1CCC(NCc2c(F)cccc2N2CCCC2)CC1. The molecule has 0 amide bonds. The molecule has 2 aromatic rings. The lowest BCUT2D eigenvalue weighted by atomic mass is 10.0. The lowest BCUT2D eigenvalue weighted by Crippen LogP contribution is -2.42. The van der Waals surface area contributed by atoms with Crippen molar-refractivity contribution in [2.75, 3.05) is 31.1 Å². The number of hydrogen-bond acceptors (Lipinski definition) is 3. The summed E-state index contributed by atoms with van der Waals surface area (Å²) in [6.07, 6.45) is 4.67. The van der Waals surface area contributed by atoms with Crippen LogP contribution < -0.4 is 10.2 Å². The summed E-state index contributed by atoms with van der Waals surface area (Å²) in [4.78, 5) is 4.88. The van der Waals surface area contributed by atoms with E-state index in [2.05, 4.69) is 52.4 Å². The normalized spacial score (nSPS) is 18.7. The van der Waals surface area contributed by atoms with Crippen LogP contribution in [0, 0.1) is 12.7 Å². The van der Waals surface area contributed by atoms with Gasteiger partial charge in [0.2, 0.25) is 0 Å². The highest BCUT2D eigenvalue weighted by molar-refractivity contribution is 5.54. The van der Waals surface area contributed by atoms with Crippen LogP contribution in [-0.2, 0) is 13.1 Å². The van der Waals surface area contributed by atoms with Gasteiger partial charge in [0.15, 0.2) is 0 Å². The van der Waals surface area contributed by atoms with E-state index in [0.29, 0.717) is 12.6 Å². The topological polar surface area (TPSA) is 18.5 Å². The van der Waals surface area contributed by atoms with Crippen LogP contribution in [0.15, 0.2) is 42.5 Å². The summed E-state index contributed by atoms with van der Waals surface area (Å²) in [5.74, 6) is -0.0751. The summed E-state index contributed by atoms with van der Waals surface area (Å²) >= 11 is 0. The van der Waals surface area contributed by atoms with Gasteiger partial charge < -0.3 is 10.2 Å². The molecule has 150 valence electrons. The van der Waals surface area contributed by atoms with Crippen LogP contribution in [0.4, 0.5) is 10.1 Å². The van der Waals surface area contributed by atoms with Crippen molar-refractivity contribution in [1.29, 1.82) is 0 Å². The minimum atomic E-state index is -0.0751. The molecule has 3 nitrogen and oxygen atoms in total. The van der Waals surface area contributed by atoms with Gasteiger partial charge in [0.05, 0.1) is 0 Å². The fraction of sp³-hybridized carbons (Fsp3) is 0.500. The average Bonchev–Trinajstić information content (AvgIpc) is 3.24. The van der Waals surface area contributed by atoms with Crippen molar-refractivity contribution in [3.05, 3.63) is 65.0 Å². The summed E-state index contributed by atoms with van der Waals surface area (Å²) in [5.41, 5.74) is 4.72. The third kappa shape index (κ3) is 4.56. The monoisotopic (exact) mass is 381 g/mol. The second-order valence-electron chi connectivity index (χ2n) is 8.29. The zero-order valence-corrected chi connectivity index (χ0v) is 17.0. The van der Waals surface area contributed by atoms with Crippen molar-refractivity contribution in [3.8, 4) is 0 Å². The fourth-order valence-electron chi connectivity index (χ4n) is 4.55. The van der Waals surface area contributed by atoms with Crippen molar-refractivity contribution in [1.82, 2.24) is 10.2 Å². The number of anilines is 1. The minimum absolute atomic E-state index is 0.0751. The lowest BCUT2D eigenvalue weighted by molar-refractivity contribution is 0.189. The molecular weight excluding hydrogens is 349 g/mol. The standard InChI is InChI=1S/C24H32FN3/c1-19-7-2-3-8-20(19)18-27-15-11-21(12-16-27)26-17-22-23(25)9-6-10-24(22)28-13-4-5-14-28/h2-3,6-10,21,26H,4-5,11-18H2,1H3. The van der Waals surface area contributed by atoms with Gasteiger partial charge in [-0.25, -0.2) is 4.39 Å². The molecule has 4 rings (SSSR count). The molecule has 0 saturated carbocycles. The van der Waals surface area contributed by atoms with E-state index in [1.54, 1.807) is 6.07 Å². The van der Waals surface area contributed by atoms with Crippen LogP contribution >= 0.6 is 0 Å². The summed E-state index contributed by atoms with van der Waals surface area (Å²) in [6, 6.07) is 14.7. The fourth-order valence-corrected chi connectivity index (χ4v) is 4.55. The molecule has 0 spiro atoms. The maximum Gasteiger partial charge on any atom is 0.129 e. The molecule has 0 atom stereocenters. The van der Waals surface area contributed by atoms with Gasteiger partial charge in [0.25, 0.3) is 0 Å². The molecule has 2 aliphatic rings. The molecule has 28 heavy (non-hydrogen) atoms. The molecular formula is C24H32FN3. The smallest absolute Gasteiger partial charge is 0.129 e. The lowest BCUT2D eigenvalue weighted by Gasteiger charge is -2.33. The van der Waals surface area contributed by atoms with E-state index < -0.39 is 0 Å². The first-order chi connectivity index (χ1) is 13.7. The number of nitrogens with one attached hydrogen (secondary N) is 1. The Morgan fingerprint density at radius 3 is 2.46 bits per heavy atom. The second kappa shape index (κ2) is 9.06. The number of aryl methyl sites for hydroxylation is 1. The Hall–Kier alpha value is -1.91. The molecule has 4 heteroatoms. The third-order valence-electron chi connectivity index (χ3n) is 6.35. The Morgan fingerprint density at radius 2 is 1.71 bits per heavy atom. The molecule has 0 unspecified atom stereocenters. The van der Waals surface area contributed by atoms with Gasteiger partial charge in [0, 0.05) is 43.5 Å². The van der Waals surface area contributed by atoms with Crippen LogP contribution in [0.25, 0.3) is 0 Å². The number of hydrogen-bond donors (Lipinski definition) is 1. The Labute approximate surface area is 168 Å². The molecule has 2 fully saturated rings. The zero-order chi connectivity index (χ0) is 19.3. The van der Waals surface area contributed by atoms with Crippen LogP contribution in [0.2, 0.25) is 0 Å². The highest BCUT2D eigenvalue weighted by Crippen LogP contribution is 2.27. The van der Waals surface area contributed by atoms with Crippen LogP contribution in [0.5, 0.6) is 0 Å². The highest BCUT2D eigenvalue weighted by Gasteiger charge is 2.22. The largest absolute Gasteiger partial charge is 0.371 e. The van der Waals surface area contributed by atoms with Gasteiger partial charge in [0.1, 0.15) is 5.82 Å². The van der Waals surface area contributed by atoms with E-state index in [1.165, 1.54) is 24.0 Å². The molecule has 0 radical (unpaired) electrons. The quantitative estimate of drug-likeness (QED) is 0.795. The van der Waals surface area contributed by atoms with E-state index in [-0.39, 0.29) is 5.82 Å². The Balaban J connectivity index is 1.31. The van der Waals surface area contributed by atoms with Gasteiger partial charge in [-0.05, 0) is 69.0 Å². The Kier molecular flexibility index (Phi) is 6.28. The highest BCUT2D eigenvalue weighted by atomic mass is 19.1. The van der Waals surface area contributed by atoms with E-state index in [9.17, 15) is 4.39 Å². The second-order valence-corrected chi connectivity index (χ2v) is 8.29. The molecule has 2 heterocycles. The van der Waals surface area contributed by atoms with E-state index in [1.807, 2.05) is 6.07 Å². The van der Waals surface area contributed by atoms with Gasteiger partial charge in [-0.3, -0.25) is 4.90 Å². The summed E-state index contributed by atoms with van der Waals surface area (Å²) in [5, 5.41) is 3.65. The van der Waals surface area contributed by atoms with E-state index in [4.69, 9.17) is 0 Å². The number of nitrogens with zero attached hydrogens (tertiary/aromatic N) is 2. The average molecular weight is 382 g/mol. The molecule has 0 aliphatic carbocycles. The molecule has 2 saturated heterocycles. The molecule has 0 aromatic heterocycles. The van der Waals surface area contributed by atoms with Gasteiger partial charge in [-0.15, -0.1) is 0 Å². The minimum Gasteiger partial charge on any atom is -0.371 e. The third-order valence-corrected chi connectivity index (χ3v) is 6.35. The van der Waals surface area contributed by atoms with Gasteiger partial charge in [-0.2, -0.15) is 0 Å². The summed E-state index contributed by atoms with van der Waals surface area (Å²) in [7, 11) is 0. The number of benzene rings is 2. The van der Waals surface area contributed by atoms with Gasteiger partial charge >= 0.3 is 0 Å². The van der Waals surface area contributed by atoms with Crippen molar-refractivity contribution < 1.29 is 4.39 Å². The molecule has 1 N–H and O–H groups in total. The van der Waals surface area contributed by atoms with E-state index in [0.717, 1.165) is 56.8 Å². The van der Waals surface area contributed by atoms with Gasteiger partial charge in [-0.1, -0.05) is 30.3 Å². The molecule has 2 aliphatic heterocycles. The van der Waals surface area contributed by atoms with Crippen molar-refractivity contribution in [2.45, 2.75) is 51.7 Å². The van der Waals surface area contributed by atoms with E-state index >= 15 is 0 Å². The Bertz CT molecular complexity index is 777. The van der Waals surface area contributed by atoms with Crippen molar-refractivity contribution in [2.24, 2.45) is 0 Å². The summed E-state index contributed by atoms with van der Waals surface area (Å²) < 4.78 is 14.5. The number of rotatable bonds is 6. The predicted octanol–water partition coefficient (Wildman–Crippen LogP) is 4.49. The van der Waals surface area contributed by atoms with Crippen molar-refractivity contribution >= 4 is 5.69 Å².